The molecule has 0 aliphatic carbocycles. The molecule has 2 aromatic carbocycles. The Balaban J connectivity index is 0.000000465. The van der Waals surface area contributed by atoms with E-state index in [1.807, 2.05) is 0 Å². The summed E-state index contributed by atoms with van der Waals surface area (Å²) in [6.45, 7) is 8.61. The molecule has 2 aromatic rings. The van der Waals surface area contributed by atoms with Gasteiger partial charge in [0, 0.05) is 19.0 Å². The van der Waals surface area contributed by atoms with Crippen molar-refractivity contribution in [3.05, 3.63) is 60.7 Å². The number of rotatable bonds is 2. The number of hydrogen-bond donors (Lipinski definition) is 0. The molecule has 0 nitrogen and oxygen atoms in total. The zero-order valence-corrected chi connectivity index (χ0v) is 16.4. The monoisotopic (exact) mass is 344 g/mol. The molecule has 0 aliphatic heterocycles. The van der Waals surface area contributed by atoms with E-state index < -0.39 is 0 Å². The van der Waals surface area contributed by atoms with Crippen LogP contribution in [0.5, 0.6) is 0 Å². The molecule has 0 N–H and O–H groups in total. The molecule has 98 valence electrons. The van der Waals surface area contributed by atoms with Crippen LogP contribution in [-0.4, -0.2) is 34.5 Å². The maximum atomic E-state index is 2.22. The fourth-order valence-corrected chi connectivity index (χ4v) is 3.42. The zero-order chi connectivity index (χ0) is 14.3. The molecule has 0 amide bonds. The average molecular weight is 343 g/mol. The van der Waals surface area contributed by atoms with Crippen LogP contribution in [-0.2, 0) is 0 Å². The third-order valence-corrected chi connectivity index (χ3v) is 4.45. The van der Waals surface area contributed by atoms with Crippen LogP contribution in [0.15, 0.2) is 60.7 Å². The first-order valence-corrected chi connectivity index (χ1v) is 12.4. The topological polar surface area (TPSA) is 0 Å². The molecule has 0 unspecified atom stereocenters. The Morgan fingerprint density at radius 2 is 0.842 bits per heavy atom. The Morgan fingerprint density at radius 1 is 0.579 bits per heavy atom. The predicted molar refractivity (Wildman–Crippen MR) is 92.9 cm³/mol. The minimum atomic E-state index is -0.108. The van der Waals surface area contributed by atoms with Gasteiger partial charge in [0.1, 0.15) is 0 Å². The van der Waals surface area contributed by atoms with Gasteiger partial charge in [0.15, 0.2) is 0 Å². The molecule has 2 rings (SSSR count). The van der Waals surface area contributed by atoms with E-state index in [9.17, 15) is 0 Å². The predicted octanol–water partition coefficient (Wildman–Crippen LogP) is 2.92. The van der Waals surface area contributed by atoms with Crippen LogP contribution >= 0.6 is 0 Å². The Kier molecular flexibility index (Phi) is 13.4. The molecule has 0 heterocycles. The van der Waals surface area contributed by atoms with Gasteiger partial charge in [-0.25, -0.2) is 0 Å². The average Bonchev–Trinajstić information content (AvgIpc) is 2.43. The second kappa shape index (κ2) is 13.8. The SMILES string of the molecule is C[Si]C.C[Si]C.c1cc[c]([Ge][c]2ccccc2)cc1. The summed E-state index contributed by atoms with van der Waals surface area (Å²) in [5.74, 6) is 0. The van der Waals surface area contributed by atoms with E-state index in [0.29, 0.717) is 0 Å². The van der Waals surface area contributed by atoms with E-state index in [1.54, 1.807) is 0 Å². The second-order valence-electron chi connectivity index (χ2n) is 3.86. The van der Waals surface area contributed by atoms with E-state index in [2.05, 4.69) is 86.9 Å². The van der Waals surface area contributed by atoms with Gasteiger partial charge >= 0.3 is 84.9 Å². The standard InChI is InChI=1S/C12H10Ge.2C2H6Si/c1-3-7-11(8-4-1)13-12-9-5-2-6-10-12;2*1-3-2/h1-10H;2*1-2H3. The summed E-state index contributed by atoms with van der Waals surface area (Å²) >= 11 is -0.108. The number of hydrogen-bond acceptors (Lipinski definition) is 0. The summed E-state index contributed by atoms with van der Waals surface area (Å²) in [4.78, 5) is 0. The van der Waals surface area contributed by atoms with E-state index in [4.69, 9.17) is 0 Å². The Labute approximate surface area is 130 Å². The van der Waals surface area contributed by atoms with Gasteiger partial charge < -0.3 is 0 Å². The molecule has 0 aromatic heterocycles. The maximum absolute atomic E-state index is 2.22. The van der Waals surface area contributed by atoms with Crippen LogP contribution in [0.2, 0.25) is 26.2 Å². The van der Waals surface area contributed by atoms with Crippen molar-refractivity contribution in [1.29, 1.82) is 0 Å². The normalized spacial score (nSPS) is 8.63. The van der Waals surface area contributed by atoms with Gasteiger partial charge in [-0.15, -0.1) is 0 Å². The quantitative estimate of drug-likeness (QED) is 0.736. The van der Waals surface area contributed by atoms with Gasteiger partial charge in [0.2, 0.25) is 0 Å². The van der Waals surface area contributed by atoms with E-state index in [1.165, 1.54) is 8.79 Å². The molecule has 0 fully saturated rings. The third-order valence-electron chi connectivity index (χ3n) is 1.84. The summed E-state index contributed by atoms with van der Waals surface area (Å²) in [5.41, 5.74) is 0. The Hall–Kier alpha value is -0.583. The molecule has 6 radical (unpaired) electrons. The summed E-state index contributed by atoms with van der Waals surface area (Å²) in [7, 11) is 2.17. The van der Waals surface area contributed by atoms with Crippen LogP contribution in [0.4, 0.5) is 0 Å². The Morgan fingerprint density at radius 3 is 1.11 bits per heavy atom. The molecule has 0 bridgehead atoms. The summed E-state index contributed by atoms with van der Waals surface area (Å²) in [6, 6.07) is 21.5. The first-order valence-electron chi connectivity index (χ1n) is 6.32. The van der Waals surface area contributed by atoms with Gasteiger partial charge in [-0.2, -0.15) is 0 Å². The molecule has 0 aliphatic rings. The third kappa shape index (κ3) is 11.0. The Bertz CT molecular complexity index is 351. The zero-order valence-electron chi connectivity index (χ0n) is 12.3. The summed E-state index contributed by atoms with van der Waals surface area (Å²) in [6.07, 6.45) is 0. The molecular weight excluding hydrogens is 321 g/mol. The number of benzene rings is 2. The van der Waals surface area contributed by atoms with Crippen molar-refractivity contribution in [1.82, 2.24) is 0 Å². The van der Waals surface area contributed by atoms with Crippen LogP contribution in [0, 0.1) is 0 Å². The first kappa shape index (κ1) is 18.4. The van der Waals surface area contributed by atoms with Crippen LogP contribution in [0.3, 0.4) is 0 Å². The molecule has 0 spiro atoms. The van der Waals surface area contributed by atoms with Crippen molar-refractivity contribution >= 4 is 43.3 Å². The molecule has 19 heavy (non-hydrogen) atoms. The molecular formula is C16H22GeSi2. The van der Waals surface area contributed by atoms with E-state index in [-0.39, 0.29) is 15.4 Å². The van der Waals surface area contributed by atoms with Crippen molar-refractivity contribution in [3.63, 3.8) is 0 Å². The van der Waals surface area contributed by atoms with Crippen LogP contribution in [0.25, 0.3) is 0 Å². The van der Waals surface area contributed by atoms with Crippen molar-refractivity contribution in [3.8, 4) is 0 Å². The molecule has 0 saturated carbocycles. The fraction of sp³-hybridized carbons (Fsp3) is 0.250. The first-order chi connectivity index (χ1) is 9.28. The van der Waals surface area contributed by atoms with Crippen LogP contribution < -0.4 is 8.79 Å². The molecule has 0 atom stereocenters. The second-order valence-corrected chi connectivity index (χ2v) is 8.80. The van der Waals surface area contributed by atoms with Crippen LogP contribution in [0.1, 0.15) is 0 Å². The molecule has 3 heteroatoms. The fourth-order valence-electron chi connectivity index (χ4n) is 1.21. The summed E-state index contributed by atoms with van der Waals surface area (Å²) in [5, 5.41) is 0. The van der Waals surface area contributed by atoms with Gasteiger partial charge in [-0.1, -0.05) is 26.2 Å². The van der Waals surface area contributed by atoms with E-state index >= 15 is 0 Å². The van der Waals surface area contributed by atoms with Crippen molar-refractivity contribution in [2.75, 3.05) is 0 Å². The van der Waals surface area contributed by atoms with Crippen molar-refractivity contribution in [2.24, 2.45) is 0 Å². The van der Waals surface area contributed by atoms with Gasteiger partial charge in [0.05, 0.1) is 0 Å². The summed E-state index contributed by atoms with van der Waals surface area (Å²) < 4.78 is 2.99. The van der Waals surface area contributed by atoms with Gasteiger partial charge in [0.25, 0.3) is 0 Å². The molecule has 0 saturated heterocycles. The van der Waals surface area contributed by atoms with Crippen molar-refractivity contribution in [2.45, 2.75) is 26.2 Å². The van der Waals surface area contributed by atoms with Gasteiger partial charge in [-0.3, -0.25) is 0 Å². The van der Waals surface area contributed by atoms with E-state index in [0.717, 1.165) is 19.0 Å². The van der Waals surface area contributed by atoms with Gasteiger partial charge in [-0.05, 0) is 0 Å². The van der Waals surface area contributed by atoms with Crippen molar-refractivity contribution < 1.29 is 0 Å². The minimum absolute atomic E-state index is 0.108.